The van der Waals surface area contributed by atoms with Crippen LogP contribution in [-0.4, -0.2) is 42.5 Å². The summed E-state index contributed by atoms with van der Waals surface area (Å²) in [5, 5.41) is 7.41. The fourth-order valence-electron chi connectivity index (χ4n) is 2.28. The van der Waals surface area contributed by atoms with Gasteiger partial charge in [-0.25, -0.2) is 9.78 Å². The maximum Gasteiger partial charge on any atom is 0.416 e. The Hall–Kier alpha value is -3.63. The van der Waals surface area contributed by atoms with Gasteiger partial charge in [0.2, 0.25) is 5.91 Å². The largest absolute Gasteiger partial charge is 0.452 e. The smallest absolute Gasteiger partial charge is 0.416 e. The van der Waals surface area contributed by atoms with E-state index in [-0.39, 0.29) is 23.6 Å². The molecule has 0 saturated carbocycles. The fourth-order valence-corrected chi connectivity index (χ4v) is 2.28. The van der Waals surface area contributed by atoms with E-state index in [1.165, 1.54) is 30.5 Å². The van der Waals surface area contributed by atoms with Crippen LogP contribution in [0, 0.1) is 0 Å². The third kappa shape index (κ3) is 6.76. The second kappa shape index (κ2) is 10.2. The van der Waals surface area contributed by atoms with Crippen LogP contribution in [-0.2, 0) is 20.5 Å². The number of carbonyl (C=O) groups is 3. The van der Waals surface area contributed by atoms with Gasteiger partial charge in [-0.05, 0) is 37.3 Å². The molecular formula is C19H19F3N4O4. The van der Waals surface area contributed by atoms with Crippen molar-refractivity contribution in [1.29, 1.82) is 0 Å². The molecule has 0 spiro atoms. The molecule has 0 saturated heterocycles. The Bertz CT molecular complexity index is 919. The number of nitrogens with zero attached hydrogens (tertiary/aromatic N) is 1. The van der Waals surface area contributed by atoms with Crippen LogP contribution in [0.5, 0.6) is 0 Å². The normalized spacial score (nSPS) is 10.8. The Morgan fingerprint density at radius 1 is 1.07 bits per heavy atom. The van der Waals surface area contributed by atoms with Crippen LogP contribution >= 0.6 is 0 Å². The molecule has 160 valence electrons. The van der Waals surface area contributed by atoms with Crippen LogP contribution in [0.4, 0.5) is 24.7 Å². The Labute approximate surface area is 169 Å². The van der Waals surface area contributed by atoms with Crippen molar-refractivity contribution in [3.8, 4) is 0 Å². The number of nitrogens with one attached hydrogen (secondary N) is 3. The zero-order valence-electron chi connectivity index (χ0n) is 15.9. The van der Waals surface area contributed by atoms with Crippen molar-refractivity contribution in [3.63, 3.8) is 0 Å². The summed E-state index contributed by atoms with van der Waals surface area (Å²) in [6.45, 7) is 1.22. The topological polar surface area (TPSA) is 109 Å². The van der Waals surface area contributed by atoms with Crippen molar-refractivity contribution in [2.45, 2.75) is 13.1 Å². The second-order valence-corrected chi connectivity index (χ2v) is 5.91. The average Bonchev–Trinajstić information content (AvgIpc) is 2.70. The minimum Gasteiger partial charge on any atom is -0.452 e. The van der Waals surface area contributed by atoms with Crippen molar-refractivity contribution < 1.29 is 32.3 Å². The summed E-state index contributed by atoms with van der Waals surface area (Å²) in [5.74, 6) is -2.03. The van der Waals surface area contributed by atoms with E-state index in [4.69, 9.17) is 4.74 Å². The SMILES string of the molecule is CCNC(=O)CNC(=O)COC(=O)c1cccnc1Nc1cccc(C(F)(F)F)c1. The lowest BCUT2D eigenvalue weighted by atomic mass is 10.2. The highest BCUT2D eigenvalue weighted by Crippen LogP contribution is 2.31. The fraction of sp³-hybridized carbons (Fsp3) is 0.263. The minimum atomic E-state index is -4.52. The van der Waals surface area contributed by atoms with Gasteiger partial charge >= 0.3 is 12.1 Å². The molecule has 0 bridgehead atoms. The molecule has 8 nitrogen and oxygen atoms in total. The van der Waals surface area contributed by atoms with Crippen molar-refractivity contribution in [2.75, 3.05) is 25.0 Å². The molecule has 2 amide bonds. The molecule has 0 aliphatic heterocycles. The monoisotopic (exact) mass is 424 g/mol. The first-order chi connectivity index (χ1) is 14.2. The molecule has 1 aromatic heterocycles. The van der Waals surface area contributed by atoms with Gasteiger partial charge < -0.3 is 20.7 Å². The summed E-state index contributed by atoms with van der Waals surface area (Å²) >= 11 is 0. The number of hydrogen-bond donors (Lipinski definition) is 3. The number of ether oxygens (including phenoxy) is 1. The second-order valence-electron chi connectivity index (χ2n) is 5.91. The van der Waals surface area contributed by atoms with Gasteiger partial charge in [0.1, 0.15) is 11.4 Å². The number of esters is 1. The van der Waals surface area contributed by atoms with E-state index in [0.717, 1.165) is 12.1 Å². The number of hydrogen-bond acceptors (Lipinski definition) is 6. The zero-order valence-corrected chi connectivity index (χ0v) is 15.9. The van der Waals surface area contributed by atoms with Gasteiger partial charge in [0.05, 0.1) is 12.1 Å². The highest BCUT2D eigenvalue weighted by Gasteiger charge is 2.30. The van der Waals surface area contributed by atoms with E-state index in [2.05, 4.69) is 20.9 Å². The molecule has 1 heterocycles. The molecule has 0 unspecified atom stereocenters. The average molecular weight is 424 g/mol. The van der Waals surface area contributed by atoms with E-state index in [1.807, 2.05) is 0 Å². The molecule has 30 heavy (non-hydrogen) atoms. The summed E-state index contributed by atoms with van der Waals surface area (Å²) in [6, 6.07) is 7.16. The summed E-state index contributed by atoms with van der Waals surface area (Å²) < 4.78 is 43.5. The van der Waals surface area contributed by atoms with Gasteiger partial charge in [-0.2, -0.15) is 13.2 Å². The van der Waals surface area contributed by atoms with Crippen molar-refractivity contribution in [2.24, 2.45) is 0 Å². The summed E-state index contributed by atoms with van der Waals surface area (Å²) in [7, 11) is 0. The van der Waals surface area contributed by atoms with Crippen LogP contribution in [0.25, 0.3) is 0 Å². The van der Waals surface area contributed by atoms with E-state index < -0.39 is 36.1 Å². The van der Waals surface area contributed by atoms with Gasteiger partial charge in [-0.3, -0.25) is 9.59 Å². The standard InChI is InChI=1S/C19H19F3N4O4/c1-2-23-15(27)10-25-16(28)11-30-18(29)14-7-4-8-24-17(14)26-13-6-3-5-12(9-13)19(20,21)22/h3-9H,2,10-11H2,1H3,(H,23,27)(H,24,26)(H,25,28). The van der Waals surface area contributed by atoms with E-state index in [9.17, 15) is 27.6 Å². The third-order valence-electron chi connectivity index (χ3n) is 3.63. The third-order valence-corrected chi connectivity index (χ3v) is 3.63. The number of alkyl halides is 3. The van der Waals surface area contributed by atoms with Gasteiger partial charge in [-0.15, -0.1) is 0 Å². The highest BCUT2D eigenvalue weighted by atomic mass is 19.4. The molecule has 3 N–H and O–H groups in total. The molecule has 0 fully saturated rings. The molecule has 1 aromatic carbocycles. The Morgan fingerprint density at radius 2 is 1.83 bits per heavy atom. The summed E-state index contributed by atoms with van der Waals surface area (Å²) in [6.07, 6.45) is -3.18. The number of likely N-dealkylation sites (N-methyl/N-ethyl adjacent to an activating group) is 1. The van der Waals surface area contributed by atoms with Crippen LogP contribution in [0.15, 0.2) is 42.6 Å². The van der Waals surface area contributed by atoms with Crippen LogP contribution in [0.2, 0.25) is 0 Å². The number of pyridine rings is 1. The van der Waals surface area contributed by atoms with Crippen molar-refractivity contribution in [1.82, 2.24) is 15.6 Å². The Kier molecular flexibility index (Phi) is 7.73. The van der Waals surface area contributed by atoms with Gasteiger partial charge in [-0.1, -0.05) is 6.07 Å². The van der Waals surface area contributed by atoms with Crippen molar-refractivity contribution >= 4 is 29.3 Å². The maximum absolute atomic E-state index is 12.9. The lowest BCUT2D eigenvalue weighted by molar-refractivity contribution is -0.137. The van der Waals surface area contributed by atoms with Crippen LogP contribution in [0.1, 0.15) is 22.8 Å². The van der Waals surface area contributed by atoms with Gasteiger partial charge in [0, 0.05) is 18.4 Å². The Morgan fingerprint density at radius 3 is 2.53 bits per heavy atom. The molecule has 0 atom stereocenters. The van der Waals surface area contributed by atoms with Crippen LogP contribution < -0.4 is 16.0 Å². The molecule has 2 rings (SSSR count). The molecule has 2 aromatic rings. The molecule has 0 aliphatic rings. The van der Waals surface area contributed by atoms with E-state index >= 15 is 0 Å². The maximum atomic E-state index is 12.9. The predicted molar refractivity (Wildman–Crippen MR) is 101 cm³/mol. The first kappa shape index (κ1) is 22.7. The number of amides is 2. The molecule has 11 heteroatoms. The lowest BCUT2D eigenvalue weighted by Gasteiger charge is -2.12. The van der Waals surface area contributed by atoms with E-state index in [1.54, 1.807) is 6.92 Å². The minimum absolute atomic E-state index is 0.0374. The number of halogens is 3. The van der Waals surface area contributed by atoms with Crippen LogP contribution in [0.3, 0.4) is 0 Å². The highest BCUT2D eigenvalue weighted by molar-refractivity contribution is 5.96. The number of benzene rings is 1. The number of rotatable bonds is 8. The summed E-state index contributed by atoms with van der Waals surface area (Å²) in [5.41, 5.74) is -0.875. The quantitative estimate of drug-likeness (QED) is 0.561. The zero-order chi connectivity index (χ0) is 22.1. The molecular weight excluding hydrogens is 405 g/mol. The number of carbonyl (C=O) groups excluding carboxylic acids is 3. The molecule has 0 radical (unpaired) electrons. The molecule has 0 aliphatic carbocycles. The Balaban J connectivity index is 2.02. The van der Waals surface area contributed by atoms with Crippen molar-refractivity contribution in [3.05, 3.63) is 53.7 Å². The number of aromatic nitrogens is 1. The first-order valence-electron chi connectivity index (χ1n) is 8.80. The first-order valence-corrected chi connectivity index (χ1v) is 8.80. The lowest BCUT2D eigenvalue weighted by Crippen LogP contribution is -2.38. The number of anilines is 2. The van der Waals surface area contributed by atoms with Gasteiger partial charge in [0.25, 0.3) is 5.91 Å². The predicted octanol–water partition coefficient (Wildman–Crippen LogP) is 2.25. The summed E-state index contributed by atoms with van der Waals surface area (Å²) in [4.78, 5) is 39.2. The van der Waals surface area contributed by atoms with Gasteiger partial charge in [0.15, 0.2) is 6.61 Å². The van der Waals surface area contributed by atoms with E-state index in [0.29, 0.717) is 6.54 Å².